The summed E-state index contributed by atoms with van der Waals surface area (Å²) in [6.07, 6.45) is 29.4. The van der Waals surface area contributed by atoms with Gasteiger partial charge in [0.2, 0.25) is 0 Å². The van der Waals surface area contributed by atoms with E-state index in [1.165, 1.54) is 256 Å². The van der Waals surface area contributed by atoms with Gasteiger partial charge in [-0.3, -0.25) is 0 Å². The Hall–Kier alpha value is -10.7. The molecule has 0 unspecified atom stereocenters. The predicted octanol–water partition coefficient (Wildman–Crippen LogP) is 32.3. The summed E-state index contributed by atoms with van der Waals surface area (Å²) in [7, 11) is 0. The highest BCUT2D eigenvalue weighted by Gasteiger charge is 2.56. The Morgan fingerprint density at radius 3 is 1.22 bits per heavy atom. The van der Waals surface area contributed by atoms with Gasteiger partial charge in [-0.25, -0.2) is 0 Å². The summed E-state index contributed by atoms with van der Waals surface area (Å²) < 4.78 is 14.6. The summed E-state index contributed by atoms with van der Waals surface area (Å²) in [4.78, 5) is 2.72. The molecule has 0 bridgehead atoms. The van der Waals surface area contributed by atoms with E-state index in [1.54, 1.807) is 16.7 Å². The van der Waals surface area contributed by atoms with Crippen molar-refractivity contribution >= 4 is 60.9 Å². The molecule has 4 aliphatic rings. The first-order chi connectivity index (χ1) is 56.7. The van der Waals surface area contributed by atoms with Crippen molar-refractivity contribution in [2.45, 2.75) is 217 Å². The van der Waals surface area contributed by atoms with Crippen LogP contribution in [0.25, 0.3) is 88.4 Å². The van der Waals surface area contributed by atoms with E-state index in [9.17, 15) is 0 Å². The van der Waals surface area contributed by atoms with Gasteiger partial charge >= 0.3 is 0 Å². The number of aryl methyl sites for hydroxylation is 2. The molecule has 19 rings (SSSR count). The van der Waals surface area contributed by atoms with E-state index in [1.807, 2.05) is 0 Å². The molecule has 3 heteroatoms. The third-order valence-corrected chi connectivity index (χ3v) is 28.0. The second kappa shape index (κ2) is 31.1. The maximum atomic E-state index is 7.67. The molecule has 0 atom stereocenters. The van der Waals surface area contributed by atoms with Crippen LogP contribution in [0, 0.1) is 13.8 Å². The molecule has 0 fully saturated rings. The Kier molecular flexibility index (Phi) is 20.1. The third kappa shape index (κ3) is 11.8. The Bertz CT molecular complexity index is 5960. The van der Waals surface area contributed by atoms with Crippen molar-refractivity contribution in [1.29, 1.82) is 0 Å². The molecule has 15 aromatic rings. The highest BCUT2D eigenvalue weighted by atomic mass is 16.3. The van der Waals surface area contributed by atoms with E-state index in [0.29, 0.717) is 0 Å². The molecular formula is C112H111NO2. The third-order valence-electron chi connectivity index (χ3n) is 28.0. The molecule has 0 aliphatic heterocycles. The Balaban J connectivity index is 0.890. The zero-order chi connectivity index (χ0) is 77.8. The average molecular weight is 1500 g/mol. The second-order valence-electron chi connectivity index (χ2n) is 34.6. The SMILES string of the molecule is CCCCCCCC1(CCCCCCC)c2ccccc2-c2c1c1c(c3c2oc2ccccc23)-c2ccc(N(c3ccc4c(c3)C(c3ccccc3)(c3ccccc3)c3cc5c(cc3-4)C(c3ccccc3)(c3ccccc3)c3ccc4oc6ccccc6c4c3-5)c3c(C)cccc3C)cc2C1(CCCCCCC)CCCCCCC. The highest BCUT2D eigenvalue weighted by Crippen LogP contribution is 2.69. The smallest absolute Gasteiger partial charge is 0.144 e. The fourth-order valence-electron chi connectivity index (χ4n) is 23.0. The zero-order valence-corrected chi connectivity index (χ0v) is 68.7. The summed E-state index contributed by atoms with van der Waals surface area (Å²) in [5.41, 5.74) is 35.1. The predicted molar refractivity (Wildman–Crippen MR) is 486 cm³/mol. The van der Waals surface area contributed by atoms with Crippen LogP contribution in [0.15, 0.2) is 282 Å². The first-order valence-electron chi connectivity index (χ1n) is 44.4. The number of unbranched alkanes of at least 4 members (excludes halogenated alkanes) is 16. The number of anilines is 3. The van der Waals surface area contributed by atoms with Crippen LogP contribution in [0.5, 0.6) is 0 Å². The number of para-hydroxylation sites is 3. The minimum atomic E-state index is -0.776. The molecule has 0 N–H and O–H groups in total. The minimum absolute atomic E-state index is 0.188. The largest absolute Gasteiger partial charge is 0.456 e. The first-order valence-corrected chi connectivity index (χ1v) is 44.4. The normalized spacial score (nSPS) is 14.6. The average Bonchev–Trinajstić information content (AvgIpc) is 1.50. The number of nitrogens with zero attached hydrogens (tertiary/aromatic N) is 1. The quantitative estimate of drug-likeness (QED) is 0.0406. The lowest BCUT2D eigenvalue weighted by Gasteiger charge is -2.40. The summed E-state index contributed by atoms with van der Waals surface area (Å²) in [6, 6.07) is 106. The molecule has 576 valence electrons. The van der Waals surface area contributed by atoms with Crippen LogP contribution in [0.3, 0.4) is 0 Å². The molecule has 0 radical (unpaired) electrons. The van der Waals surface area contributed by atoms with Crippen molar-refractivity contribution < 1.29 is 8.83 Å². The fraction of sp³-hybridized carbons (Fsp3) is 0.304. The van der Waals surface area contributed by atoms with Crippen molar-refractivity contribution in [3.8, 4) is 44.5 Å². The zero-order valence-electron chi connectivity index (χ0n) is 68.7. The van der Waals surface area contributed by atoms with Gasteiger partial charge < -0.3 is 13.7 Å². The van der Waals surface area contributed by atoms with Gasteiger partial charge in [0, 0.05) is 49.3 Å². The number of hydrogen-bond acceptors (Lipinski definition) is 3. The van der Waals surface area contributed by atoms with E-state index in [0.717, 1.165) is 64.5 Å². The Morgan fingerprint density at radius 2 is 0.678 bits per heavy atom. The van der Waals surface area contributed by atoms with Crippen LogP contribution in [0.1, 0.15) is 260 Å². The monoisotopic (exact) mass is 1500 g/mol. The van der Waals surface area contributed by atoms with Gasteiger partial charge in [-0.15, -0.1) is 0 Å². The van der Waals surface area contributed by atoms with Gasteiger partial charge in [0.15, 0.2) is 0 Å². The molecule has 2 aromatic heterocycles. The number of hydrogen-bond donors (Lipinski definition) is 0. The lowest BCUT2D eigenvalue weighted by molar-refractivity contribution is 0.369. The van der Waals surface area contributed by atoms with Crippen molar-refractivity contribution in [2.75, 3.05) is 4.90 Å². The second-order valence-corrected chi connectivity index (χ2v) is 34.6. The Labute approximate surface area is 682 Å². The summed E-state index contributed by atoms with van der Waals surface area (Å²) in [6.45, 7) is 14.2. The number of benzene rings is 13. The van der Waals surface area contributed by atoms with E-state index in [4.69, 9.17) is 8.83 Å². The molecule has 4 aliphatic carbocycles. The molecule has 0 saturated heterocycles. The molecular weight excluding hydrogens is 1390 g/mol. The van der Waals surface area contributed by atoms with Crippen molar-refractivity contribution in [3.05, 3.63) is 351 Å². The molecule has 115 heavy (non-hydrogen) atoms. The van der Waals surface area contributed by atoms with Gasteiger partial charge in [0.1, 0.15) is 22.3 Å². The number of rotatable bonds is 31. The van der Waals surface area contributed by atoms with Crippen LogP contribution in [0.4, 0.5) is 17.1 Å². The highest BCUT2D eigenvalue weighted by molar-refractivity contribution is 6.21. The molecule has 0 spiro atoms. The maximum Gasteiger partial charge on any atom is 0.144 e. The molecule has 13 aromatic carbocycles. The van der Waals surface area contributed by atoms with E-state index < -0.39 is 10.8 Å². The number of furan rings is 2. The van der Waals surface area contributed by atoms with Crippen molar-refractivity contribution in [1.82, 2.24) is 0 Å². The minimum Gasteiger partial charge on any atom is -0.456 e. The molecule has 0 saturated carbocycles. The van der Waals surface area contributed by atoms with Gasteiger partial charge in [-0.05, 0) is 211 Å². The summed E-state index contributed by atoms with van der Waals surface area (Å²) >= 11 is 0. The lowest BCUT2D eigenvalue weighted by Crippen LogP contribution is -2.33. The topological polar surface area (TPSA) is 29.5 Å². The standard InChI is InChI=1S/C112H111NO2/c1-7-11-15-19-41-68-109(69-42-20-16-12-8-2)91-59-38-35-56-85(91)104-106(109)105-102(103-88-58-37-40-61-98(88)115-108(103)104)86-65-63-82(72-93(86)110(105,70-43-21-17-13-9-3)71-44-22-18-14-10-4)113(107-76(5)46-45-47-77(107)6)83-62-64-84-89-74-96-90(75-95(89)112(94(84)73-83,80-52-31-25-32-53-80)81-54-33-26-34-55-81)100-92(66-67-99-101(100)87-57-36-39-60-97(87)114-99)111(96,78-48-27-23-28-49-78)79-50-29-24-30-51-79/h23-40,45-67,72-75H,7-22,41-44,68-71H2,1-6H3. The first kappa shape index (κ1) is 74.4. The maximum absolute atomic E-state index is 7.67. The van der Waals surface area contributed by atoms with E-state index in [2.05, 4.69) is 319 Å². The molecule has 2 heterocycles. The van der Waals surface area contributed by atoms with Crippen LogP contribution >= 0.6 is 0 Å². The van der Waals surface area contributed by atoms with Gasteiger partial charge in [0.05, 0.1) is 16.5 Å². The van der Waals surface area contributed by atoms with Gasteiger partial charge in [-0.2, -0.15) is 0 Å². The van der Waals surface area contributed by atoms with Crippen LogP contribution in [0.2, 0.25) is 0 Å². The van der Waals surface area contributed by atoms with Crippen molar-refractivity contribution in [3.63, 3.8) is 0 Å². The van der Waals surface area contributed by atoms with E-state index in [-0.39, 0.29) is 10.8 Å². The summed E-state index contributed by atoms with van der Waals surface area (Å²) in [5, 5.41) is 4.85. The van der Waals surface area contributed by atoms with Crippen molar-refractivity contribution in [2.24, 2.45) is 0 Å². The number of fused-ring (bicyclic) bond motifs is 22. The Morgan fingerprint density at radius 1 is 0.270 bits per heavy atom. The van der Waals surface area contributed by atoms with Crippen LogP contribution in [-0.4, -0.2) is 0 Å². The molecule has 0 amide bonds. The molecule has 3 nitrogen and oxygen atoms in total. The fourth-order valence-corrected chi connectivity index (χ4v) is 23.0. The summed E-state index contributed by atoms with van der Waals surface area (Å²) in [5.74, 6) is 0. The lowest BCUT2D eigenvalue weighted by atomic mass is 9.62. The van der Waals surface area contributed by atoms with Gasteiger partial charge in [0.25, 0.3) is 0 Å². The van der Waals surface area contributed by atoms with E-state index >= 15 is 0 Å². The van der Waals surface area contributed by atoms with Crippen LogP contribution < -0.4 is 4.90 Å². The van der Waals surface area contributed by atoms with Crippen LogP contribution in [-0.2, 0) is 21.7 Å². The van der Waals surface area contributed by atoms with Gasteiger partial charge in [-0.1, -0.05) is 375 Å².